The second kappa shape index (κ2) is 7.00. The molecule has 1 saturated heterocycles. The zero-order valence-corrected chi connectivity index (χ0v) is 13.0. The van der Waals surface area contributed by atoms with Crippen molar-refractivity contribution in [1.29, 1.82) is 0 Å². The third-order valence-electron chi connectivity index (χ3n) is 3.51. The molecule has 7 heteroatoms. The zero-order valence-electron chi connectivity index (χ0n) is 12.2. The minimum Gasteiger partial charge on any atom is -0.372 e. The van der Waals surface area contributed by atoms with Gasteiger partial charge in [-0.25, -0.2) is 0 Å². The normalized spacial score (nSPS) is 23.8. The van der Waals surface area contributed by atoms with Crippen molar-refractivity contribution >= 4 is 17.2 Å². The van der Waals surface area contributed by atoms with Gasteiger partial charge in [0.1, 0.15) is 0 Å². The van der Waals surface area contributed by atoms with Crippen LogP contribution in [0.5, 0.6) is 0 Å². The van der Waals surface area contributed by atoms with Crippen LogP contribution in [-0.4, -0.2) is 47.6 Å². The lowest BCUT2D eigenvalue weighted by Crippen LogP contribution is -2.48. The van der Waals surface area contributed by atoms with Gasteiger partial charge < -0.3 is 9.64 Å². The van der Waals surface area contributed by atoms with E-state index >= 15 is 0 Å². The van der Waals surface area contributed by atoms with Crippen LogP contribution in [0, 0.1) is 10.1 Å². The summed E-state index contributed by atoms with van der Waals surface area (Å²) >= 11 is 1.46. The number of carbonyl (C=O) groups excluding carboxylic acids is 1. The fourth-order valence-corrected chi connectivity index (χ4v) is 3.50. The number of thiophene rings is 1. The van der Waals surface area contributed by atoms with Crippen LogP contribution in [0.1, 0.15) is 31.1 Å². The van der Waals surface area contributed by atoms with Gasteiger partial charge in [-0.3, -0.25) is 14.9 Å². The molecule has 1 fully saturated rings. The van der Waals surface area contributed by atoms with Gasteiger partial charge in [0, 0.05) is 29.3 Å². The molecule has 1 unspecified atom stereocenters. The Bertz CT molecular complexity index is 481. The van der Waals surface area contributed by atoms with Crippen molar-refractivity contribution < 1.29 is 14.5 Å². The van der Waals surface area contributed by atoms with Crippen LogP contribution in [0.3, 0.4) is 0 Å². The van der Waals surface area contributed by atoms with E-state index in [0.29, 0.717) is 13.1 Å². The topological polar surface area (TPSA) is 72.7 Å². The standard InChI is InChI=1S/C14H20N2O4S/c1-10-7-15(8-11(2)20-10)14(17)6-12(9-16(18)19)13-4-3-5-21-13/h3-5,10-12H,6-9H2,1-2H3/t10-,11-,12?/m1/s1. The molecule has 0 bridgehead atoms. The number of carbonyl (C=O) groups is 1. The van der Waals surface area contributed by atoms with E-state index in [9.17, 15) is 14.9 Å². The minimum absolute atomic E-state index is 0.00778. The maximum Gasteiger partial charge on any atom is 0.223 e. The van der Waals surface area contributed by atoms with E-state index in [2.05, 4.69) is 0 Å². The highest BCUT2D eigenvalue weighted by molar-refractivity contribution is 7.10. The molecule has 21 heavy (non-hydrogen) atoms. The van der Waals surface area contributed by atoms with Gasteiger partial charge >= 0.3 is 0 Å². The number of nitro groups is 1. The summed E-state index contributed by atoms with van der Waals surface area (Å²) in [6, 6.07) is 3.72. The lowest BCUT2D eigenvalue weighted by molar-refractivity contribution is -0.483. The van der Waals surface area contributed by atoms with Gasteiger partial charge in [-0.1, -0.05) is 6.07 Å². The minimum atomic E-state index is -0.346. The van der Waals surface area contributed by atoms with Crippen LogP contribution in [0.2, 0.25) is 0 Å². The van der Waals surface area contributed by atoms with Crippen molar-refractivity contribution in [2.75, 3.05) is 19.6 Å². The smallest absolute Gasteiger partial charge is 0.223 e. The third kappa shape index (κ3) is 4.50. The molecule has 0 aromatic carbocycles. The van der Waals surface area contributed by atoms with Gasteiger partial charge in [0.05, 0.1) is 18.1 Å². The van der Waals surface area contributed by atoms with Gasteiger partial charge in [-0.2, -0.15) is 0 Å². The van der Waals surface area contributed by atoms with E-state index in [1.165, 1.54) is 11.3 Å². The number of amides is 1. The van der Waals surface area contributed by atoms with E-state index in [4.69, 9.17) is 4.74 Å². The molecule has 1 aliphatic rings. The zero-order chi connectivity index (χ0) is 15.4. The highest BCUT2D eigenvalue weighted by Gasteiger charge is 2.29. The van der Waals surface area contributed by atoms with Crippen molar-refractivity contribution in [3.8, 4) is 0 Å². The summed E-state index contributed by atoms with van der Waals surface area (Å²) in [5, 5.41) is 12.7. The molecule has 0 aliphatic carbocycles. The van der Waals surface area contributed by atoms with Gasteiger partial charge in [0.25, 0.3) is 0 Å². The first-order valence-electron chi connectivity index (χ1n) is 7.04. The maximum atomic E-state index is 12.4. The molecular formula is C14H20N2O4S. The largest absolute Gasteiger partial charge is 0.372 e. The molecule has 3 atom stereocenters. The predicted octanol–water partition coefficient (Wildman–Crippen LogP) is 2.13. The predicted molar refractivity (Wildman–Crippen MR) is 80.1 cm³/mol. The van der Waals surface area contributed by atoms with Crippen molar-refractivity contribution in [3.63, 3.8) is 0 Å². The summed E-state index contributed by atoms with van der Waals surface area (Å²) < 4.78 is 5.61. The second-order valence-electron chi connectivity index (χ2n) is 5.49. The van der Waals surface area contributed by atoms with Crippen molar-refractivity contribution in [1.82, 2.24) is 4.90 Å². The molecule has 0 radical (unpaired) electrons. The Morgan fingerprint density at radius 3 is 2.71 bits per heavy atom. The molecule has 2 rings (SSSR count). The maximum absolute atomic E-state index is 12.4. The Labute approximate surface area is 127 Å². The third-order valence-corrected chi connectivity index (χ3v) is 4.54. The van der Waals surface area contributed by atoms with Crippen molar-refractivity contribution in [3.05, 3.63) is 32.5 Å². The van der Waals surface area contributed by atoms with Gasteiger partial charge in [0.15, 0.2) is 0 Å². The van der Waals surface area contributed by atoms with Gasteiger partial charge in [0.2, 0.25) is 12.5 Å². The van der Waals surface area contributed by atoms with Crippen LogP contribution in [0.4, 0.5) is 0 Å². The summed E-state index contributed by atoms with van der Waals surface area (Å²) in [5.41, 5.74) is 0. The summed E-state index contributed by atoms with van der Waals surface area (Å²) in [7, 11) is 0. The molecule has 0 N–H and O–H groups in total. The van der Waals surface area contributed by atoms with E-state index < -0.39 is 0 Å². The first-order valence-corrected chi connectivity index (χ1v) is 7.92. The fourth-order valence-electron chi connectivity index (χ4n) is 2.68. The number of hydrogen-bond acceptors (Lipinski definition) is 5. The first-order chi connectivity index (χ1) is 9.95. The summed E-state index contributed by atoms with van der Waals surface area (Å²) in [6.07, 6.45) is 0.197. The number of ether oxygens (including phenoxy) is 1. The molecule has 0 spiro atoms. The SMILES string of the molecule is C[C@@H]1CN(C(=O)CC(C[N+](=O)[O-])c2cccs2)C[C@@H](C)O1. The Balaban J connectivity index is 2.02. The van der Waals surface area contributed by atoms with Gasteiger partial charge in [-0.15, -0.1) is 11.3 Å². The summed E-state index contributed by atoms with van der Waals surface area (Å²) in [6.45, 7) is 4.77. The number of nitrogens with zero attached hydrogens (tertiary/aromatic N) is 2. The van der Waals surface area contributed by atoms with Crippen molar-refractivity contribution in [2.45, 2.75) is 38.4 Å². The Kier molecular flexibility index (Phi) is 5.30. The molecule has 1 aromatic heterocycles. The van der Waals surface area contributed by atoms with E-state index in [1.807, 2.05) is 31.4 Å². The van der Waals surface area contributed by atoms with Crippen LogP contribution in [0.15, 0.2) is 17.5 Å². The Hall–Kier alpha value is -1.47. The number of morpholine rings is 1. The summed E-state index contributed by atoms with van der Waals surface area (Å²) in [5.74, 6) is -0.377. The number of rotatable bonds is 5. The molecule has 1 aliphatic heterocycles. The molecule has 116 valence electrons. The van der Waals surface area contributed by atoms with Crippen LogP contribution in [-0.2, 0) is 9.53 Å². The lowest BCUT2D eigenvalue weighted by atomic mass is 10.0. The van der Waals surface area contributed by atoms with E-state index in [-0.39, 0.29) is 41.9 Å². The quantitative estimate of drug-likeness (QED) is 0.617. The highest BCUT2D eigenvalue weighted by Crippen LogP contribution is 2.26. The first kappa shape index (κ1) is 15.9. The molecule has 0 saturated carbocycles. The molecule has 6 nitrogen and oxygen atoms in total. The summed E-state index contributed by atoms with van der Waals surface area (Å²) in [4.78, 5) is 25.6. The Morgan fingerprint density at radius 2 is 2.19 bits per heavy atom. The molecule has 1 aromatic rings. The average molecular weight is 312 g/mol. The van der Waals surface area contributed by atoms with Crippen molar-refractivity contribution in [2.24, 2.45) is 0 Å². The van der Waals surface area contributed by atoms with E-state index in [1.54, 1.807) is 4.90 Å². The van der Waals surface area contributed by atoms with E-state index in [0.717, 1.165) is 4.88 Å². The lowest BCUT2D eigenvalue weighted by Gasteiger charge is -2.35. The molecule has 1 amide bonds. The Morgan fingerprint density at radius 1 is 1.52 bits per heavy atom. The molecule has 2 heterocycles. The van der Waals surface area contributed by atoms with Crippen LogP contribution < -0.4 is 0 Å². The van der Waals surface area contributed by atoms with Crippen LogP contribution in [0.25, 0.3) is 0 Å². The second-order valence-corrected chi connectivity index (χ2v) is 6.47. The fraction of sp³-hybridized carbons (Fsp3) is 0.643. The monoisotopic (exact) mass is 312 g/mol. The molecular weight excluding hydrogens is 292 g/mol. The van der Waals surface area contributed by atoms with Gasteiger partial charge in [-0.05, 0) is 25.3 Å². The highest BCUT2D eigenvalue weighted by atomic mass is 32.1. The number of hydrogen-bond donors (Lipinski definition) is 0. The average Bonchev–Trinajstić information content (AvgIpc) is 2.89. The van der Waals surface area contributed by atoms with Crippen LogP contribution >= 0.6 is 11.3 Å².